The van der Waals surface area contributed by atoms with E-state index >= 15 is 0 Å². The largest absolute Gasteiger partial charge is 0.508 e. The van der Waals surface area contributed by atoms with Gasteiger partial charge in [0.05, 0.1) is 11.9 Å². The normalized spacial score (nSPS) is 10.5. The smallest absolute Gasteiger partial charge is 0.287 e. The summed E-state index contributed by atoms with van der Waals surface area (Å²) < 4.78 is 1.34. The lowest BCUT2D eigenvalue weighted by molar-refractivity contribution is 0.469. The summed E-state index contributed by atoms with van der Waals surface area (Å²) in [6.45, 7) is 2.87. The number of rotatable bonds is 5. The number of phenolic OH excluding ortho intramolecular Hbond substituents is 1. The molecular weight excluding hydrogens is 278 g/mol. The highest BCUT2D eigenvalue weighted by molar-refractivity contribution is 6.32. The molecule has 0 unspecified atom stereocenters. The molecule has 0 amide bonds. The van der Waals surface area contributed by atoms with Gasteiger partial charge in [-0.3, -0.25) is 4.79 Å². The molecule has 1 heterocycles. The van der Waals surface area contributed by atoms with E-state index in [1.54, 1.807) is 18.2 Å². The maximum absolute atomic E-state index is 11.9. The molecule has 1 aromatic carbocycles. The summed E-state index contributed by atoms with van der Waals surface area (Å²) in [5.41, 5.74) is 0.879. The van der Waals surface area contributed by atoms with Crippen LogP contribution in [0.4, 0.5) is 5.69 Å². The van der Waals surface area contributed by atoms with E-state index in [1.807, 2.05) is 13.0 Å². The molecule has 106 valence electrons. The molecule has 2 rings (SSSR count). The van der Waals surface area contributed by atoms with Crippen molar-refractivity contribution in [1.82, 2.24) is 9.78 Å². The Bertz CT molecular complexity index is 655. The Morgan fingerprint density at radius 2 is 2.15 bits per heavy atom. The zero-order chi connectivity index (χ0) is 14.5. The molecule has 0 aliphatic heterocycles. The molecular formula is C14H16ClN3O2. The van der Waals surface area contributed by atoms with Gasteiger partial charge in [-0.2, -0.15) is 5.10 Å². The topological polar surface area (TPSA) is 67.2 Å². The fourth-order valence-electron chi connectivity index (χ4n) is 1.81. The zero-order valence-electron chi connectivity index (χ0n) is 11.1. The highest BCUT2D eigenvalue weighted by Crippen LogP contribution is 2.20. The van der Waals surface area contributed by atoms with Gasteiger partial charge in [-0.25, -0.2) is 4.68 Å². The molecule has 5 nitrogen and oxygen atoms in total. The summed E-state index contributed by atoms with van der Waals surface area (Å²) in [7, 11) is 0. The first-order chi connectivity index (χ1) is 9.63. The number of benzene rings is 1. The summed E-state index contributed by atoms with van der Waals surface area (Å²) in [4.78, 5) is 11.9. The Kier molecular flexibility index (Phi) is 4.63. The molecule has 0 spiro atoms. The molecule has 0 aliphatic carbocycles. The fraction of sp³-hybridized carbons (Fsp3) is 0.286. The minimum Gasteiger partial charge on any atom is -0.508 e. The molecule has 20 heavy (non-hydrogen) atoms. The number of para-hydroxylation sites is 1. The fourth-order valence-corrected chi connectivity index (χ4v) is 2.02. The van der Waals surface area contributed by atoms with Crippen molar-refractivity contribution >= 4 is 17.3 Å². The van der Waals surface area contributed by atoms with Crippen molar-refractivity contribution < 1.29 is 5.11 Å². The molecule has 0 atom stereocenters. The van der Waals surface area contributed by atoms with Gasteiger partial charge in [0.15, 0.2) is 0 Å². The summed E-state index contributed by atoms with van der Waals surface area (Å²) in [5.74, 6) is 0.198. The van der Waals surface area contributed by atoms with Crippen LogP contribution in [-0.2, 0) is 13.1 Å². The number of aryl methyl sites for hydroxylation is 1. The van der Waals surface area contributed by atoms with Gasteiger partial charge in [-0.15, -0.1) is 0 Å². The first-order valence-corrected chi connectivity index (χ1v) is 6.77. The quantitative estimate of drug-likeness (QED) is 0.889. The number of anilines is 1. The second-order valence-electron chi connectivity index (χ2n) is 4.38. The van der Waals surface area contributed by atoms with Crippen LogP contribution in [0, 0.1) is 0 Å². The average molecular weight is 294 g/mol. The highest BCUT2D eigenvalue weighted by Gasteiger charge is 2.09. The van der Waals surface area contributed by atoms with E-state index in [9.17, 15) is 9.90 Å². The minimum atomic E-state index is -0.309. The third kappa shape index (κ3) is 3.11. The number of nitrogens with zero attached hydrogens (tertiary/aromatic N) is 2. The molecule has 0 fully saturated rings. The van der Waals surface area contributed by atoms with E-state index in [-0.39, 0.29) is 16.3 Å². The van der Waals surface area contributed by atoms with Crippen molar-refractivity contribution in [3.8, 4) is 5.75 Å². The van der Waals surface area contributed by atoms with Gasteiger partial charge in [0.1, 0.15) is 10.8 Å². The van der Waals surface area contributed by atoms with Crippen molar-refractivity contribution in [3.05, 3.63) is 51.4 Å². The van der Waals surface area contributed by atoms with E-state index in [0.29, 0.717) is 18.8 Å². The number of aromatic nitrogens is 2. The van der Waals surface area contributed by atoms with Crippen molar-refractivity contribution in [2.24, 2.45) is 0 Å². The first kappa shape index (κ1) is 14.4. The number of hydrogen-bond donors (Lipinski definition) is 2. The second kappa shape index (κ2) is 6.43. The standard InChI is InChI=1S/C14H16ClN3O2/c1-2-7-18-14(20)13(15)11(9-17-18)16-8-10-5-3-4-6-12(10)19/h3-6,9,16,19H,2,7-8H2,1H3. The summed E-state index contributed by atoms with van der Waals surface area (Å²) >= 11 is 6.04. The Balaban J connectivity index is 2.17. The second-order valence-corrected chi connectivity index (χ2v) is 4.76. The van der Waals surface area contributed by atoms with E-state index in [4.69, 9.17) is 11.6 Å². The van der Waals surface area contributed by atoms with Crippen LogP contribution < -0.4 is 10.9 Å². The van der Waals surface area contributed by atoms with Crippen LogP contribution in [0.5, 0.6) is 5.75 Å². The number of nitrogens with one attached hydrogen (secondary N) is 1. The van der Waals surface area contributed by atoms with Crippen LogP contribution in [0.15, 0.2) is 35.3 Å². The molecule has 0 saturated heterocycles. The van der Waals surface area contributed by atoms with Gasteiger partial charge < -0.3 is 10.4 Å². The third-order valence-electron chi connectivity index (χ3n) is 2.88. The minimum absolute atomic E-state index is 0.115. The van der Waals surface area contributed by atoms with E-state index < -0.39 is 0 Å². The van der Waals surface area contributed by atoms with E-state index in [2.05, 4.69) is 10.4 Å². The van der Waals surface area contributed by atoms with Gasteiger partial charge in [0.2, 0.25) is 0 Å². The summed E-state index contributed by atoms with van der Waals surface area (Å²) in [5, 5.41) is 16.9. The Morgan fingerprint density at radius 1 is 1.40 bits per heavy atom. The lowest BCUT2D eigenvalue weighted by Gasteiger charge is -2.10. The Labute approximate surface area is 121 Å². The average Bonchev–Trinajstić information content (AvgIpc) is 2.45. The molecule has 0 radical (unpaired) electrons. The summed E-state index contributed by atoms with van der Waals surface area (Å²) in [6.07, 6.45) is 2.34. The van der Waals surface area contributed by atoms with E-state index in [1.165, 1.54) is 10.9 Å². The van der Waals surface area contributed by atoms with Gasteiger partial charge in [-0.05, 0) is 12.5 Å². The molecule has 2 aromatic rings. The predicted octanol–water partition coefficient (Wildman–Crippen LogP) is 2.62. The predicted molar refractivity (Wildman–Crippen MR) is 79.2 cm³/mol. The maximum atomic E-state index is 11.9. The van der Waals surface area contributed by atoms with Crippen LogP contribution in [-0.4, -0.2) is 14.9 Å². The molecule has 0 saturated carbocycles. The van der Waals surface area contributed by atoms with Crippen molar-refractivity contribution in [3.63, 3.8) is 0 Å². The lowest BCUT2D eigenvalue weighted by atomic mass is 10.2. The van der Waals surface area contributed by atoms with Crippen LogP contribution in [0.1, 0.15) is 18.9 Å². The molecule has 2 N–H and O–H groups in total. The van der Waals surface area contributed by atoms with Crippen LogP contribution in [0.25, 0.3) is 0 Å². The summed E-state index contributed by atoms with van der Waals surface area (Å²) in [6, 6.07) is 6.98. The van der Waals surface area contributed by atoms with Crippen molar-refractivity contribution in [2.45, 2.75) is 26.4 Å². The third-order valence-corrected chi connectivity index (χ3v) is 3.25. The number of phenols is 1. The molecule has 1 aromatic heterocycles. The van der Waals surface area contributed by atoms with E-state index in [0.717, 1.165) is 12.0 Å². The monoisotopic (exact) mass is 293 g/mol. The Hall–Kier alpha value is -2.01. The molecule has 0 aliphatic rings. The van der Waals surface area contributed by atoms with Gasteiger partial charge >= 0.3 is 0 Å². The highest BCUT2D eigenvalue weighted by atomic mass is 35.5. The number of hydrogen-bond acceptors (Lipinski definition) is 4. The number of aromatic hydroxyl groups is 1. The lowest BCUT2D eigenvalue weighted by Crippen LogP contribution is -2.24. The molecule has 0 bridgehead atoms. The number of halogens is 1. The van der Waals surface area contributed by atoms with Gasteiger partial charge in [0, 0.05) is 18.7 Å². The van der Waals surface area contributed by atoms with Gasteiger partial charge in [0.25, 0.3) is 5.56 Å². The van der Waals surface area contributed by atoms with Crippen molar-refractivity contribution in [2.75, 3.05) is 5.32 Å². The van der Waals surface area contributed by atoms with Crippen molar-refractivity contribution in [1.29, 1.82) is 0 Å². The van der Waals surface area contributed by atoms with Crippen LogP contribution >= 0.6 is 11.6 Å². The SMILES string of the molecule is CCCn1ncc(NCc2ccccc2O)c(Cl)c1=O. The first-order valence-electron chi connectivity index (χ1n) is 6.39. The van der Waals surface area contributed by atoms with Gasteiger partial charge in [-0.1, -0.05) is 36.7 Å². The molecule has 6 heteroatoms. The zero-order valence-corrected chi connectivity index (χ0v) is 11.9. The maximum Gasteiger partial charge on any atom is 0.287 e. The van der Waals surface area contributed by atoms with Crippen LogP contribution in [0.2, 0.25) is 5.02 Å². The Morgan fingerprint density at radius 3 is 2.85 bits per heavy atom. The van der Waals surface area contributed by atoms with Crippen LogP contribution in [0.3, 0.4) is 0 Å².